The molecule has 4 rings (SSSR count). The van der Waals surface area contributed by atoms with Gasteiger partial charge in [-0.2, -0.15) is 0 Å². The van der Waals surface area contributed by atoms with Gasteiger partial charge in [0.1, 0.15) is 33.0 Å². The predicted octanol–water partition coefficient (Wildman–Crippen LogP) is 1.73. The van der Waals surface area contributed by atoms with E-state index in [1.807, 2.05) is 12.1 Å². The Bertz CT molecular complexity index is 1380. The molecule has 30 heavy (non-hydrogen) atoms. The predicted molar refractivity (Wildman–Crippen MR) is 103 cm³/mol. The quantitative estimate of drug-likeness (QED) is 0.269. The van der Waals surface area contributed by atoms with Crippen molar-refractivity contribution in [2.24, 2.45) is 10.2 Å². The van der Waals surface area contributed by atoms with E-state index in [1.54, 1.807) is 30.3 Å². The fourth-order valence-corrected chi connectivity index (χ4v) is 3.78. The molecule has 0 aliphatic carbocycles. The number of phenolic OH excluding ortho intramolecular Hbond substituents is 2. The van der Waals surface area contributed by atoms with Gasteiger partial charge in [0.05, 0.1) is 4.90 Å². The maximum Gasteiger partial charge on any atom is 1.00 e. The van der Waals surface area contributed by atoms with Gasteiger partial charge in [-0.3, -0.25) is 0 Å². The molecule has 4 aromatic rings. The van der Waals surface area contributed by atoms with Crippen LogP contribution in [0.4, 0.5) is 11.4 Å². The van der Waals surface area contributed by atoms with Crippen molar-refractivity contribution < 1.29 is 70.1 Å². The van der Waals surface area contributed by atoms with Gasteiger partial charge in [-0.15, -0.1) is 10.2 Å². The molecule has 0 spiro atoms. The summed E-state index contributed by atoms with van der Waals surface area (Å²) >= 11 is 0. The van der Waals surface area contributed by atoms with Crippen molar-refractivity contribution in [3.63, 3.8) is 0 Å². The van der Waals surface area contributed by atoms with Crippen LogP contribution in [0.2, 0.25) is 0 Å². The number of hydrogen-bond donors (Lipinski definition) is 2. The molecular formula is C20H13CrN2NaO5S. The van der Waals surface area contributed by atoms with E-state index in [-0.39, 0.29) is 74.8 Å². The normalized spacial score (nSPS) is 11.4. The molecular weight excluding hydrogens is 455 g/mol. The molecule has 0 bridgehead atoms. The van der Waals surface area contributed by atoms with Crippen molar-refractivity contribution in [2.45, 2.75) is 4.90 Å². The van der Waals surface area contributed by atoms with Crippen LogP contribution in [0.15, 0.2) is 81.9 Å². The van der Waals surface area contributed by atoms with Crippen molar-refractivity contribution >= 4 is 43.0 Å². The second kappa shape index (κ2) is 9.46. The van der Waals surface area contributed by atoms with Crippen LogP contribution in [-0.4, -0.2) is 23.2 Å². The molecule has 0 aromatic heterocycles. The van der Waals surface area contributed by atoms with Crippen LogP contribution >= 0.6 is 0 Å². The van der Waals surface area contributed by atoms with E-state index in [4.69, 9.17) is 0 Å². The molecule has 0 atom stereocenters. The van der Waals surface area contributed by atoms with Crippen LogP contribution in [0.1, 0.15) is 0 Å². The standard InChI is InChI=1S/C20H14N2O5S.Cr.Na/c23-16-10-9-12-5-1-2-6-13(12)19(16)21-22-20-15-8-4-3-7-14(15)18(11-17(20)24)28(25,26)27;;/h1-11,23-24H,(H,25,26,27);;/q;;+1/p-1. The Morgan fingerprint density at radius 3 is 1.90 bits per heavy atom. The number of benzene rings is 4. The van der Waals surface area contributed by atoms with E-state index in [9.17, 15) is 23.2 Å². The average molecular weight is 468 g/mol. The molecule has 0 fully saturated rings. The van der Waals surface area contributed by atoms with Gasteiger partial charge in [0.25, 0.3) is 0 Å². The summed E-state index contributed by atoms with van der Waals surface area (Å²) in [6.45, 7) is 0. The summed E-state index contributed by atoms with van der Waals surface area (Å²) in [5.41, 5.74) is 0.206. The fourth-order valence-electron chi connectivity index (χ4n) is 3.07. The molecule has 7 nitrogen and oxygen atoms in total. The van der Waals surface area contributed by atoms with Crippen molar-refractivity contribution in [3.8, 4) is 11.5 Å². The van der Waals surface area contributed by atoms with Gasteiger partial charge in [-0.25, -0.2) is 8.42 Å². The van der Waals surface area contributed by atoms with Crippen LogP contribution < -0.4 is 29.6 Å². The number of aromatic hydroxyl groups is 2. The molecule has 10 heteroatoms. The van der Waals surface area contributed by atoms with Crippen molar-refractivity contribution in [1.29, 1.82) is 0 Å². The maximum atomic E-state index is 11.5. The largest absolute Gasteiger partial charge is 1.00 e. The number of rotatable bonds is 3. The number of phenols is 2. The zero-order valence-corrected chi connectivity index (χ0v) is 19.8. The SMILES string of the molecule is O=S(=O)([O-])c1cc(O)c(N=Nc2c(O)ccc3ccccc23)c2ccccc12.[Cr].[Na+]. The summed E-state index contributed by atoms with van der Waals surface area (Å²) < 4.78 is 34.6. The smallest absolute Gasteiger partial charge is 0.744 e. The topological polar surface area (TPSA) is 122 Å². The Morgan fingerprint density at radius 1 is 0.733 bits per heavy atom. The Hall–Kier alpha value is -1.96. The van der Waals surface area contributed by atoms with Crippen LogP contribution in [0.25, 0.3) is 21.5 Å². The molecule has 2 N–H and O–H groups in total. The van der Waals surface area contributed by atoms with Crippen LogP contribution in [0.5, 0.6) is 11.5 Å². The summed E-state index contributed by atoms with van der Waals surface area (Å²) in [4.78, 5) is -0.535. The Labute approximate surface area is 205 Å². The summed E-state index contributed by atoms with van der Waals surface area (Å²) in [5.74, 6) is -0.596. The summed E-state index contributed by atoms with van der Waals surface area (Å²) in [6.07, 6.45) is 0. The molecule has 0 heterocycles. The second-order valence-corrected chi connectivity index (χ2v) is 7.44. The zero-order chi connectivity index (χ0) is 19.9. The molecule has 0 saturated heterocycles. The molecule has 4 aromatic carbocycles. The van der Waals surface area contributed by atoms with Gasteiger partial charge in [0, 0.05) is 39.6 Å². The fraction of sp³-hybridized carbons (Fsp3) is 0. The van der Waals surface area contributed by atoms with Gasteiger partial charge in [-0.1, -0.05) is 54.6 Å². The number of fused-ring (bicyclic) bond motifs is 2. The molecule has 0 aliphatic heterocycles. The van der Waals surface area contributed by atoms with Gasteiger partial charge in [0.15, 0.2) is 0 Å². The van der Waals surface area contributed by atoms with Crippen molar-refractivity contribution in [1.82, 2.24) is 0 Å². The summed E-state index contributed by atoms with van der Waals surface area (Å²) in [5, 5.41) is 30.5. The maximum absolute atomic E-state index is 11.5. The number of hydrogen-bond acceptors (Lipinski definition) is 7. The van der Waals surface area contributed by atoms with Crippen molar-refractivity contribution in [2.75, 3.05) is 0 Å². The first-order valence-electron chi connectivity index (χ1n) is 8.19. The molecule has 0 saturated carbocycles. The van der Waals surface area contributed by atoms with E-state index in [0.717, 1.165) is 11.5 Å². The average Bonchev–Trinajstić information content (AvgIpc) is 2.67. The van der Waals surface area contributed by atoms with E-state index in [1.165, 1.54) is 18.2 Å². The number of azo groups is 1. The van der Waals surface area contributed by atoms with E-state index >= 15 is 0 Å². The van der Waals surface area contributed by atoms with Crippen LogP contribution in [0.3, 0.4) is 0 Å². The Morgan fingerprint density at radius 2 is 1.27 bits per heavy atom. The van der Waals surface area contributed by atoms with Crippen LogP contribution in [0, 0.1) is 0 Å². The van der Waals surface area contributed by atoms with E-state index in [0.29, 0.717) is 5.39 Å². The molecule has 0 unspecified atom stereocenters. The minimum atomic E-state index is -4.79. The molecule has 0 aliphatic rings. The third-order valence-electron chi connectivity index (χ3n) is 4.36. The third-order valence-corrected chi connectivity index (χ3v) is 5.23. The summed E-state index contributed by atoms with van der Waals surface area (Å²) in [6, 6.07) is 17.5. The Balaban J connectivity index is 0.00000160. The minimum Gasteiger partial charge on any atom is -0.744 e. The zero-order valence-electron chi connectivity index (χ0n) is 15.7. The molecule has 146 valence electrons. The Kier molecular flexibility index (Phi) is 7.66. The van der Waals surface area contributed by atoms with E-state index in [2.05, 4.69) is 10.2 Å². The van der Waals surface area contributed by atoms with Gasteiger partial charge in [-0.05, 0) is 11.5 Å². The first-order valence-corrected chi connectivity index (χ1v) is 9.60. The van der Waals surface area contributed by atoms with Gasteiger partial charge in [0.2, 0.25) is 0 Å². The monoisotopic (exact) mass is 468 g/mol. The third kappa shape index (κ3) is 4.53. The molecule has 0 radical (unpaired) electrons. The second-order valence-electron chi connectivity index (χ2n) is 6.10. The molecule has 0 amide bonds. The summed E-state index contributed by atoms with van der Waals surface area (Å²) in [7, 11) is -4.79. The first-order chi connectivity index (χ1) is 13.4. The van der Waals surface area contributed by atoms with Gasteiger partial charge >= 0.3 is 29.6 Å². The van der Waals surface area contributed by atoms with Gasteiger partial charge < -0.3 is 14.8 Å². The van der Waals surface area contributed by atoms with Crippen molar-refractivity contribution in [3.05, 3.63) is 66.7 Å². The minimum absolute atomic E-state index is 0. The first kappa shape index (κ1) is 24.3. The number of nitrogens with zero attached hydrogens (tertiary/aromatic N) is 2. The van der Waals surface area contributed by atoms with Crippen LogP contribution in [-0.2, 0) is 27.5 Å². The van der Waals surface area contributed by atoms with E-state index < -0.39 is 20.8 Å².